The molecule has 0 spiro atoms. The first-order chi connectivity index (χ1) is 11.1. The van der Waals surface area contributed by atoms with E-state index in [2.05, 4.69) is 11.1 Å². The minimum absolute atomic E-state index is 0. The van der Waals surface area contributed by atoms with Crippen molar-refractivity contribution in [3.05, 3.63) is 0 Å². The maximum atomic E-state index is 10.2. The molecule has 0 aliphatic rings. The van der Waals surface area contributed by atoms with Crippen LogP contribution in [-0.2, 0) is 19.3 Å². The van der Waals surface area contributed by atoms with Gasteiger partial charge in [-0.3, -0.25) is 4.18 Å². The average molecular weight is 375 g/mol. The molecule has 5 nitrogen and oxygen atoms in total. The molecule has 0 rings (SSSR count). The summed E-state index contributed by atoms with van der Waals surface area (Å²) in [7, 11) is -4.54. The zero-order valence-electron chi connectivity index (χ0n) is 15.8. The van der Waals surface area contributed by atoms with Gasteiger partial charge in [-0.05, 0) is 19.3 Å². The smallest absolute Gasteiger partial charge is 0.726 e. The zero-order chi connectivity index (χ0) is 17.2. The van der Waals surface area contributed by atoms with E-state index in [-0.39, 0.29) is 36.2 Å². The molecule has 0 saturated heterocycles. The molecule has 0 aromatic rings. The Kier molecular flexibility index (Phi) is 22.7. The zero-order valence-corrected chi connectivity index (χ0v) is 18.6. The number of ether oxygens (including phenoxy) is 1. The van der Waals surface area contributed by atoms with Gasteiger partial charge >= 0.3 is 29.6 Å². The summed E-state index contributed by atoms with van der Waals surface area (Å²) < 4.78 is 40.1. The predicted molar refractivity (Wildman–Crippen MR) is 92.2 cm³/mol. The average Bonchev–Trinajstić information content (AvgIpc) is 2.49. The number of hydrogen-bond donors (Lipinski definition) is 0. The Hall–Kier alpha value is 0.830. The van der Waals surface area contributed by atoms with Crippen LogP contribution in [0.25, 0.3) is 0 Å². The summed E-state index contributed by atoms with van der Waals surface area (Å²) in [4.78, 5) is 0. The quantitative estimate of drug-likeness (QED) is 0.158. The van der Waals surface area contributed by atoms with Crippen molar-refractivity contribution in [1.29, 1.82) is 0 Å². The SMILES string of the molecule is CCCCCCCCCCCCCOCCCCOS(=O)(=O)[O-].[Na+]. The van der Waals surface area contributed by atoms with Gasteiger partial charge in [-0.25, -0.2) is 8.42 Å². The summed E-state index contributed by atoms with van der Waals surface area (Å²) in [5, 5.41) is 0. The molecule has 0 saturated carbocycles. The third kappa shape index (κ3) is 25.1. The van der Waals surface area contributed by atoms with E-state index in [4.69, 9.17) is 4.74 Å². The van der Waals surface area contributed by atoms with Crippen LogP contribution in [0.15, 0.2) is 0 Å². The number of rotatable bonds is 18. The molecule has 0 aliphatic heterocycles. The molecule has 0 atom stereocenters. The normalized spacial score (nSPS) is 11.4. The van der Waals surface area contributed by atoms with Crippen molar-refractivity contribution in [3.8, 4) is 0 Å². The van der Waals surface area contributed by atoms with Crippen molar-refractivity contribution < 1.29 is 51.4 Å². The van der Waals surface area contributed by atoms with E-state index in [1.54, 1.807) is 0 Å². The first-order valence-electron chi connectivity index (χ1n) is 9.24. The van der Waals surface area contributed by atoms with E-state index < -0.39 is 10.4 Å². The molecular weight excluding hydrogens is 339 g/mol. The van der Waals surface area contributed by atoms with Crippen molar-refractivity contribution in [2.24, 2.45) is 0 Å². The largest absolute Gasteiger partial charge is 1.00 e. The summed E-state index contributed by atoms with van der Waals surface area (Å²) in [5.74, 6) is 0. The van der Waals surface area contributed by atoms with Crippen LogP contribution in [0.5, 0.6) is 0 Å². The minimum Gasteiger partial charge on any atom is -0.726 e. The molecule has 0 aromatic carbocycles. The Morgan fingerprint density at radius 1 is 0.667 bits per heavy atom. The first kappa shape index (κ1) is 27.1. The molecule has 140 valence electrons. The Morgan fingerprint density at radius 3 is 1.50 bits per heavy atom. The monoisotopic (exact) mass is 374 g/mol. The van der Waals surface area contributed by atoms with Gasteiger partial charge < -0.3 is 9.29 Å². The second-order valence-corrected chi connectivity index (χ2v) is 7.14. The third-order valence-electron chi connectivity index (χ3n) is 3.80. The van der Waals surface area contributed by atoms with Gasteiger partial charge in [0, 0.05) is 13.2 Å². The molecule has 0 aliphatic carbocycles. The van der Waals surface area contributed by atoms with E-state index >= 15 is 0 Å². The third-order valence-corrected chi connectivity index (χ3v) is 4.26. The van der Waals surface area contributed by atoms with Gasteiger partial charge in [-0.1, -0.05) is 71.1 Å². The van der Waals surface area contributed by atoms with Gasteiger partial charge in [0.15, 0.2) is 0 Å². The maximum Gasteiger partial charge on any atom is 1.00 e. The standard InChI is InChI=1S/C17H36O5S.Na/c1-2-3-4-5-6-7-8-9-10-11-12-15-21-16-13-14-17-22-23(18,19)20;/h2-17H2,1H3,(H,18,19,20);/q;+1/p-1. The first-order valence-corrected chi connectivity index (χ1v) is 10.6. The summed E-state index contributed by atoms with van der Waals surface area (Å²) >= 11 is 0. The molecule has 7 heteroatoms. The van der Waals surface area contributed by atoms with Crippen LogP contribution in [-0.4, -0.2) is 32.8 Å². The van der Waals surface area contributed by atoms with Crippen molar-refractivity contribution in [1.82, 2.24) is 0 Å². The molecule has 0 radical (unpaired) electrons. The van der Waals surface area contributed by atoms with Crippen LogP contribution in [0, 0.1) is 0 Å². The molecule has 0 heterocycles. The molecule has 24 heavy (non-hydrogen) atoms. The Balaban J connectivity index is 0. The van der Waals surface area contributed by atoms with Crippen LogP contribution in [0.4, 0.5) is 0 Å². The van der Waals surface area contributed by atoms with Gasteiger partial charge in [-0.2, -0.15) is 0 Å². The van der Waals surface area contributed by atoms with Gasteiger partial charge in [0.2, 0.25) is 10.4 Å². The Bertz CT molecular complexity index is 336. The van der Waals surface area contributed by atoms with Crippen LogP contribution in [0.1, 0.15) is 90.4 Å². The maximum absolute atomic E-state index is 10.2. The van der Waals surface area contributed by atoms with E-state index in [9.17, 15) is 13.0 Å². The van der Waals surface area contributed by atoms with Gasteiger partial charge in [0.1, 0.15) is 0 Å². The van der Waals surface area contributed by atoms with Crippen LogP contribution >= 0.6 is 0 Å². The summed E-state index contributed by atoms with van der Waals surface area (Å²) in [5.41, 5.74) is 0. The van der Waals surface area contributed by atoms with E-state index in [1.165, 1.54) is 64.2 Å². The van der Waals surface area contributed by atoms with Crippen molar-refractivity contribution in [2.45, 2.75) is 90.4 Å². The summed E-state index contributed by atoms with van der Waals surface area (Å²) in [6, 6.07) is 0. The van der Waals surface area contributed by atoms with Gasteiger partial charge in [0.05, 0.1) is 6.61 Å². The van der Waals surface area contributed by atoms with Crippen molar-refractivity contribution in [2.75, 3.05) is 19.8 Å². The van der Waals surface area contributed by atoms with Crippen LogP contribution in [0.3, 0.4) is 0 Å². The topological polar surface area (TPSA) is 75.7 Å². The van der Waals surface area contributed by atoms with Gasteiger partial charge in [0.25, 0.3) is 0 Å². The molecule has 0 bridgehead atoms. The number of hydrogen-bond acceptors (Lipinski definition) is 5. The van der Waals surface area contributed by atoms with Crippen molar-refractivity contribution in [3.63, 3.8) is 0 Å². The van der Waals surface area contributed by atoms with Crippen LogP contribution in [0.2, 0.25) is 0 Å². The summed E-state index contributed by atoms with van der Waals surface area (Å²) in [6.45, 7) is 3.56. The second-order valence-electron chi connectivity index (χ2n) is 6.09. The van der Waals surface area contributed by atoms with E-state index in [1.807, 2.05) is 0 Å². The van der Waals surface area contributed by atoms with E-state index in [0.717, 1.165) is 13.0 Å². The predicted octanol–water partition coefficient (Wildman–Crippen LogP) is 1.58. The van der Waals surface area contributed by atoms with Crippen LogP contribution < -0.4 is 29.6 Å². The molecule has 0 fully saturated rings. The Labute approximate surface area is 171 Å². The fraction of sp³-hybridized carbons (Fsp3) is 1.00. The molecule has 0 amide bonds. The fourth-order valence-electron chi connectivity index (χ4n) is 2.44. The van der Waals surface area contributed by atoms with Crippen molar-refractivity contribution >= 4 is 10.4 Å². The number of unbranched alkanes of at least 4 members (excludes halogenated alkanes) is 11. The molecule has 0 N–H and O–H groups in total. The Morgan fingerprint density at radius 2 is 1.04 bits per heavy atom. The second kappa shape index (κ2) is 20.1. The fourth-order valence-corrected chi connectivity index (χ4v) is 2.76. The summed E-state index contributed by atoms with van der Waals surface area (Å²) in [6.07, 6.45) is 15.8. The van der Waals surface area contributed by atoms with E-state index in [0.29, 0.717) is 19.4 Å². The minimum atomic E-state index is -4.54. The molecule has 0 aromatic heterocycles. The molecule has 0 unspecified atom stereocenters. The molecular formula is C17H35NaO5S. The van der Waals surface area contributed by atoms with Gasteiger partial charge in [-0.15, -0.1) is 0 Å².